The number of nitro groups is 1. The van der Waals surface area contributed by atoms with Crippen molar-refractivity contribution < 1.29 is 4.92 Å². The summed E-state index contributed by atoms with van der Waals surface area (Å²) in [4.78, 5) is 12.4. The maximum absolute atomic E-state index is 10.7. The zero-order valence-electron chi connectivity index (χ0n) is 10.5. The lowest BCUT2D eigenvalue weighted by Crippen LogP contribution is -2.14. The van der Waals surface area contributed by atoms with E-state index in [1.54, 1.807) is 23.9 Å². The summed E-state index contributed by atoms with van der Waals surface area (Å²) >= 11 is 1.79. The van der Waals surface area contributed by atoms with Gasteiger partial charge in [0.25, 0.3) is 5.69 Å². The first kappa shape index (κ1) is 14.7. The van der Waals surface area contributed by atoms with Crippen molar-refractivity contribution in [3.8, 4) is 0 Å². The monoisotopic (exact) mass is 270 g/mol. The van der Waals surface area contributed by atoms with E-state index in [0.29, 0.717) is 5.69 Å². The molecular weight excluding hydrogens is 252 g/mol. The number of nitrogens with zero attached hydrogens (tertiary/aromatic N) is 2. The Morgan fingerprint density at radius 2 is 2.22 bits per heavy atom. The fraction of sp³-hybridized carbons (Fsp3) is 0.455. The van der Waals surface area contributed by atoms with E-state index in [-0.39, 0.29) is 5.69 Å². The summed E-state index contributed by atoms with van der Waals surface area (Å²) in [5.74, 6) is 7.13. The molecule has 0 radical (unpaired) electrons. The van der Waals surface area contributed by atoms with Crippen molar-refractivity contribution in [2.45, 2.75) is 5.75 Å². The Hall–Kier alpha value is -1.31. The third-order valence-corrected chi connectivity index (χ3v) is 3.37. The van der Waals surface area contributed by atoms with Gasteiger partial charge in [-0.05, 0) is 25.7 Å². The van der Waals surface area contributed by atoms with Crippen molar-refractivity contribution in [1.82, 2.24) is 4.90 Å². The zero-order chi connectivity index (χ0) is 13.5. The third kappa shape index (κ3) is 4.52. The Kier molecular flexibility index (Phi) is 5.90. The molecule has 0 unspecified atom stereocenters. The summed E-state index contributed by atoms with van der Waals surface area (Å²) in [7, 11) is 4.06. The van der Waals surface area contributed by atoms with Gasteiger partial charge in [-0.2, -0.15) is 11.8 Å². The highest BCUT2D eigenvalue weighted by Crippen LogP contribution is 2.26. The van der Waals surface area contributed by atoms with Gasteiger partial charge in [0.05, 0.1) is 4.92 Å². The Labute approximate surface area is 111 Å². The Morgan fingerprint density at radius 3 is 2.78 bits per heavy atom. The van der Waals surface area contributed by atoms with E-state index in [1.807, 2.05) is 14.1 Å². The van der Waals surface area contributed by atoms with Crippen molar-refractivity contribution in [2.75, 3.05) is 31.8 Å². The van der Waals surface area contributed by atoms with Crippen LogP contribution < -0.4 is 11.3 Å². The van der Waals surface area contributed by atoms with Crippen molar-refractivity contribution in [2.24, 2.45) is 5.84 Å². The molecule has 0 aliphatic heterocycles. The molecule has 0 aliphatic carbocycles. The molecule has 100 valence electrons. The van der Waals surface area contributed by atoms with Crippen molar-refractivity contribution in [3.05, 3.63) is 33.9 Å². The maximum Gasteiger partial charge on any atom is 0.293 e. The van der Waals surface area contributed by atoms with Crippen molar-refractivity contribution in [1.29, 1.82) is 0 Å². The summed E-state index contributed by atoms with van der Waals surface area (Å²) < 4.78 is 0. The van der Waals surface area contributed by atoms with Crippen LogP contribution in [-0.4, -0.2) is 36.2 Å². The number of benzene rings is 1. The van der Waals surface area contributed by atoms with Gasteiger partial charge in [-0.3, -0.25) is 16.0 Å². The van der Waals surface area contributed by atoms with Crippen LogP contribution >= 0.6 is 11.8 Å². The van der Waals surface area contributed by atoms with Gasteiger partial charge in [0.15, 0.2) is 0 Å². The Bertz CT molecular complexity index is 412. The number of anilines is 1. The van der Waals surface area contributed by atoms with Crippen LogP contribution in [0.15, 0.2) is 18.2 Å². The van der Waals surface area contributed by atoms with Gasteiger partial charge in [0, 0.05) is 24.1 Å². The van der Waals surface area contributed by atoms with Crippen LogP contribution in [-0.2, 0) is 5.75 Å². The van der Waals surface area contributed by atoms with Gasteiger partial charge in [-0.1, -0.05) is 6.07 Å². The zero-order valence-corrected chi connectivity index (χ0v) is 11.4. The van der Waals surface area contributed by atoms with Gasteiger partial charge < -0.3 is 10.3 Å². The number of thioether (sulfide) groups is 1. The quantitative estimate of drug-likeness (QED) is 0.339. The second-order valence-corrected chi connectivity index (χ2v) is 5.21. The normalized spacial score (nSPS) is 10.7. The number of hydrogen-bond acceptors (Lipinski definition) is 6. The first-order chi connectivity index (χ1) is 8.54. The van der Waals surface area contributed by atoms with Crippen LogP contribution in [0.4, 0.5) is 11.4 Å². The molecule has 0 heterocycles. The summed E-state index contributed by atoms with van der Waals surface area (Å²) in [5.41, 5.74) is 3.74. The molecule has 0 amide bonds. The molecule has 1 aromatic carbocycles. The second kappa shape index (κ2) is 7.20. The Balaban J connectivity index is 2.60. The smallest absolute Gasteiger partial charge is 0.293 e. The van der Waals surface area contributed by atoms with Gasteiger partial charge in [0.1, 0.15) is 5.69 Å². The minimum atomic E-state index is -0.446. The van der Waals surface area contributed by atoms with E-state index in [2.05, 4.69) is 10.3 Å². The molecule has 3 N–H and O–H groups in total. The fourth-order valence-electron chi connectivity index (χ4n) is 1.38. The molecule has 0 aromatic heterocycles. The lowest BCUT2D eigenvalue weighted by Gasteiger charge is -2.09. The maximum atomic E-state index is 10.7. The largest absolute Gasteiger partial charge is 0.318 e. The van der Waals surface area contributed by atoms with Gasteiger partial charge in [0.2, 0.25) is 0 Å². The van der Waals surface area contributed by atoms with Gasteiger partial charge in [-0.15, -0.1) is 0 Å². The second-order valence-electron chi connectivity index (χ2n) is 4.11. The summed E-state index contributed by atoms with van der Waals surface area (Å²) in [6.07, 6.45) is 0. The molecule has 0 spiro atoms. The standard InChI is InChI=1S/C11H18N4O2S/c1-14(2)5-6-18-8-9-3-4-11(15(16)17)10(7-9)13-12/h3-4,7,13H,5-6,8,12H2,1-2H3. The van der Waals surface area contributed by atoms with E-state index in [1.165, 1.54) is 6.07 Å². The first-order valence-electron chi connectivity index (χ1n) is 5.51. The third-order valence-electron chi connectivity index (χ3n) is 2.36. The van der Waals surface area contributed by atoms with Gasteiger partial charge in [-0.25, -0.2) is 0 Å². The predicted molar refractivity (Wildman–Crippen MR) is 75.6 cm³/mol. The van der Waals surface area contributed by atoms with E-state index in [0.717, 1.165) is 23.6 Å². The van der Waals surface area contributed by atoms with Crippen molar-refractivity contribution >= 4 is 23.1 Å². The molecule has 7 heteroatoms. The van der Waals surface area contributed by atoms with Crippen LogP contribution in [0.2, 0.25) is 0 Å². The highest BCUT2D eigenvalue weighted by molar-refractivity contribution is 7.98. The number of hydrazine groups is 1. The van der Waals surface area contributed by atoms with Gasteiger partial charge >= 0.3 is 0 Å². The Morgan fingerprint density at radius 1 is 1.50 bits per heavy atom. The first-order valence-corrected chi connectivity index (χ1v) is 6.66. The summed E-state index contributed by atoms with van der Waals surface area (Å²) in [6, 6.07) is 4.97. The molecule has 1 aromatic rings. The fourth-order valence-corrected chi connectivity index (χ4v) is 2.44. The van der Waals surface area contributed by atoms with Crippen LogP contribution in [0, 0.1) is 10.1 Å². The molecule has 0 bridgehead atoms. The van der Waals surface area contributed by atoms with E-state index < -0.39 is 4.92 Å². The molecule has 0 atom stereocenters. The topological polar surface area (TPSA) is 84.4 Å². The van der Waals surface area contributed by atoms with Crippen molar-refractivity contribution in [3.63, 3.8) is 0 Å². The molecule has 0 saturated heterocycles. The molecule has 0 saturated carbocycles. The average molecular weight is 270 g/mol. The number of nitrogens with two attached hydrogens (primary N) is 1. The van der Waals surface area contributed by atoms with Crippen LogP contribution in [0.25, 0.3) is 0 Å². The SMILES string of the molecule is CN(C)CCSCc1ccc([N+](=O)[O-])c(NN)c1. The molecular formula is C11H18N4O2S. The van der Waals surface area contributed by atoms with Crippen LogP contribution in [0.1, 0.15) is 5.56 Å². The average Bonchev–Trinajstić information content (AvgIpc) is 2.33. The predicted octanol–water partition coefficient (Wildman–Crippen LogP) is 1.68. The minimum absolute atomic E-state index is 0.000425. The highest BCUT2D eigenvalue weighted by atomic mass is 32.2. The molecule has 18 heavy (non-hydrogen) atoms. The molecule has 1 rings (SSSR count). The highest BCUT2D eigenvalue weighted by Gasteiger charge is 2.12. The van der Waals surface area contributed by atoms with Crippen LogP contribution in [0.5, 0.6) is 0 Å². The minimum Gasteiger partial charge on any atom is -0.318 e. The lowest BCUT2D eigenvalue weighted by molar-refractivity contribution is -0.384. The molecule has 0 fully saturated rings. The van der Waals surface area contributed by atoms with E-state index in [9.17, 15) is 10.1 Å². The van der Waals surface area contributed by atoms with Crippen LogP contribution in [0.3, 0.4) is 0 Å². The number of nitrogen functional groups attached to an aromatic ring is 1. The molecule has 6 nitrogen and oxygen atoms in total. The number of nitrogens with one attached hydrogen (secondary N) is 1. The van der Waals surface area contributed by atoms with E-state index in [4.69, 9.17) is 5.84 Å². The number of nitro benzene ring substituents is 1. The van der Waals surface area contributed by atoms with E-state index >= 15 is 0 Å². The number of rotatable bonds is 7. The summed E-state index contributed by atoms with van der Waals surface area (Å²) in [5, 5.41) is 10.7. The summed E-state index contributed by atoms with van der Waals surface area (Å²) in [6.45, 7) is 1.01. The molecule has 0 aliphatic rings. The lowest BCUT2D eigenvalue weighted by atomic mass is 10.2. The number of hydrogen-bond donors (Lipinski definition) is 2.